The molecule has 0 radical (unpaired) electrons. The van der Waals surface area contributed by atoms with Gasteiger partial charge in [-0.2, -0.15) is 9.97 Å². The fourth-order valence-corrected chi connectivity index (χ4v) is 7.03. The number of aromatic amines is 11. The molecule has 0 aliphatic heterocycles. The van der Waals surface area contributed by atoms with Gasteiger partial charge in [0.1, 0.15) is 58.4 Å². The second-order valence-electron chi connectivity index (χ2n) is 16.1. The summed E-state index contributed by atoms with van der Waals surface area (Å²) >= 11 is 4.91. The van der Waals surface area contributed by atoms with Gasteiger partial charge in [-0.25, -0.2) is 94.7 Å². The highest BCUT2D eigenvalue weighted by atomic mass is 32.1. The summed E-state index contributed by atoms with van der Waals surface area (Å²) in [7, 11) is 5.67. The van der Waals surface area contributed by atoms with Crippen LogP contribution in [0.4, 0.5) is 35.3 Å². The highest BCUT2D eigenvalue weighted by Crippen LogP contribution is 2.17. The molecule has 0 fully saturated rings. The van der Waals surface area contributed by atoms with Gasteiger partial charge in [0.05, 0.1) is 69.3 Å². The Labute approximate surface area is 469 Å². The zero-order valence-corrected chi connectivity index (χ0v) is 44.3. The Morgan fingerprint density at radius 3 is 1.60 bits per heavy atom. The minimum Gasteiger partial charge on any atom is -0.382 e. The van der Waals surface area contributed by atoms with Crippen molar-refractivity contribution in [3.8, 4) is 0 Å². The molecular formula is C43H44N38O2S. The molecule has 40 nitrogen and oxygen atoms in total. The van der Waals surface area contributed by atoms with Crippen molar-refractivity contribution < 1.29 is 0 Å². The van der Waals surface area contributed by atoms with E-state index < -0.39 is 0 Å². The molecule has 0 saturated carbocycles. The van der Waals surface area contributed by atoms with Crippen LogP contribution in [0.25, 0.3) is 89.3 Å². The summed E-state index contributed by atoms with van der Waals surface area (Å²) in [4.78, 5) is 136. The fraction of sp³-hybridized carbons (Fsp3) is 0.0698. The second kappa shape index (κ2) is 26.1. The standard InChI is InChI=1S/C7H9N5.C6H7N5.C5H5N5O.C5H5N5S.2C5H5N5.C5H4N4O.C5H4N4/c1-12(2)7-5-6(9-3-8-5)10-4-11-7;1-7-5-4-6(10-2-8-4)11-3-9-5;2*6-5-9-3-2(4(11)10-5)7-1-8-3;6-4-3-5(9-1-7-3)10-2-8-4;6-5-7-1-3-4(10-5)9-2-8-3;10-5-3-4(7-1-6-3)8-2-9-5;1-4-5(8-2-6-1)9-3-7-4/h3-4H,1-2H3,(H,8,9,10,11);2-3H,1H3,(H2,7,8,9,10,11);2*1H,(H4,6,7,8,9,10,11);2*1-2H,(H3,6,7,8,9,10);1-2H,(H2,6,7,8,9,10);1-3H,(H,6,7,8,9). The summed E-state index contributed by atoms with van der Waals surface area (Å²) in [6.07, 6.45) is 22.7. The molecule has 16 rings (SSSR count). The molecule has 0 atom stereocenters. The van der Waals surface area contributed by atoms with E-state index in [4.69, 9.17) is 35.2 Å². The van der Waals surface area contributed by atoms with Gasteiger partial charge < -0.3 is 83.0 Å². The smallest absolute Gasteiger partial charge is 0.278 e. The number of nitrogen functional groups attached to an aromatic ring is 4. The Balaban J connectivity index is 0.000000115. The van der Waals surface area contributed by atoms with Crippen LogP contribution in [0, 0.1) is 4.64 Å². The van der Waals surface area contributed by atoms with Gasteiger partial charge >= 0.3 is 0 Å². The van der Waals surface area contributed by atoms with E-state index in [9.17, 15) is 9.59 Å². The molecule has 424 valence electrons. The lowest BCUT2D eigenvalue weighted by Gasteiger charge is -2.10. The van der Waals surface area contributed by atoms with Crippen LogP contribution < -0.4 is 44.3 Å². The summed E-state index contributed by atoms with van der Waals surface area (Å²) in [5.74, 6) is 2.68. The summed E-state index contributed by atoms with van der Waals surface area (Å²) in [6.45, 7) is 0. The zero-order chi connectivity index (χ0) is 59.0. The van der Waals surface area contributed by atoms with E-state index in [-0.39, 0.29) is 29.0 Å². The normalized spacial score (nSPS) is 10.4. The number of H-pyrrole nitrogens is 11. The van der Waals surface area contributed by atoms with Gasteiger partial charge in [0.25, 0.3) is 11.1 Å². The number of hydrogen-bond donors (Lipinski definition) is 16. The number of nitrogens with two attached hydrogens (primary N) is 4. The first-order valence-corrected chi connectivity index (χ1v) is 24.0. The van der Waals surface area contributed by atoms with Gasteiger partial charge in [0, 0.05) is 21.1 Å². The van der Waals surface area contributed by atoms with Crippen LogP contribution in [0.5, 0.6) is 0 Å². The van der Waals surface area contributed by atoms with Crippen molar-refractivity contribution in [1.29, 1.82) is 0 Å². The first-order chi connectivity index (χ1) is 40.8. The molecule has 16 aromatic rings. The van der Waals surface area contributed by atoms with Gasteiger partial charge in [0.2, 0.25) is 17.8 Å². The van der Waals surface area contributed by atoms with E-state index >= 15 is 0 Å². The average molecular weight is 1160 g/mol. The van der Waals surface area contributed by atoms with E-state index in [0.29, 0.717) is 77.7 Å². The Hall–Kier alpha value is -13.0. The van der Waals surface area contributed by atoms with E-state index in [0.717, 1.165) is 33.7 Å². The van der Waals surface area contributed by atoms with Gasteiger partial charge in [-0.3, -0.25) is 14.6 Å². The van der Waals surface area contributed by atoms with Crippen LogP contribution in [0.3, 0.4) is 0 Å². The molecule has 0 aliphatic carbocycles. The fourth-order valence-electron chi connectivity index (χ4n) is 6.77. The van der Waals surface area contributed by atoms with E-state index in [1.54, 1.807) is 37.7 Å². The van der Waals surface area contributed by atoms with Crippen LogP contribution in [0.15, 0.2) is 104 Å². The number of hydrogen-bond acceptors (Lipinski definition) is 30. The highest BCUT2D eigenvalue weighted by Gasteiger charge is 2.07. The van der Waals surface area contributed by atoms with E-state index in [2.05, 4.69) is 165 Å². The topological polar surface area (TPSA) is 598 Å². The maximum Gasteiger partial charge on any atom is 0.278 e. The number of nitrogens with zero attached hydrogens (tertiary/aromatic N) is 22. The van der Waals surface area contributed by atoms with Crippen LogP contribution in [0.1, 0.15) is 0 Å². The molecule has 16 heterocycles. The van der Waals surface area contributed by atoms with Gasteiger partial charge in [-0.1, -0.05) is 12.2 Å². The monoisotopic (exact) mass is 1160 g/mol. The maximum absolute atomic E-state index is 11.0. The molecular weight excluding hydrogens is 1110 g/mol. The number of aromatic nitrogens is 32. The SMILES string of the molecule is CN(C)c1ncnc2nc[nH]c12.CNc1ncnc2nc[nH]c12.Nc1nc(=S)c2[nH]cnc2[nH]1.Nc1nc2nc[nH]c2c(=O)[nH]1.Nc1ncc2[nH]cnc2n1.Nc1ncnc2nc[nH]c12.O=c1[nH]cnc2nc[nH]c12.c1ncc2[nH]cnc2n1. The van der Waals surface area contributed by atoms with Crippen LogP contribution in [-0.2, 0) is 0 Å². The summed E-state index contributed by atoms with van der Waals surface area (Å²) in [6, 6.07) is 0. The minimum absolute atomic E-state index is 0.0783. The number of nitrogens with one attached hydrogen (secondary N) is 12. The minimum atomic E-state index is -0.301. The van der Waals surface area contributed by atoms with E-state index in [1.807, 2.05) is 26.0 Å². The third kappa shape index (κ3) is 13.6. The Kier molecular flexibility index (Phi) is 17.3. The van der Waals surface area contributed by atoms with Crippen molar-refractivity contribution in [1.82, 2.24) is 159 Å². The number of anilines is 6. The Morgan fingerprint density at radius 1 is 0.429 bits per heavy atom. The second-order valence-corrected chi connectivity index (χ2v) is 16.5. The Bertz CT molecular complexity index is 4790. The molecule has 16 aromatic heterocycles. The number of fused-ring (bicyclic) bond motifs is 8. The van der Waals surface area contributed by atoms with Crippen LogP contribution in [-0.4, -0.2) is 181 Å². The quantitative estimate of drug-likeness (QED) is 0.105. The summed E-state index contributed by atoms with van der Waals surface area (Å²) < 4.78 is 0.439. The zero-order valence-electron chi connectivity index (χ0n) is 43.5. The van der Waals surface area contributed by atoms with Crippen molar-refractivity contribution in [3.63, 3.8) is 0 Å². The van der Waals surface area contributed by atoms with Gasteiger partial charge in [0.15, 0.2) is 78.3 Å². The lowest BCUT2D eigenvalue weighted by Crippen LogP contribution is -2.11. The summed E-state index contributed by atoms with van der Waals surface area (Å²) in [5, 5.41) is 2.93. The van der Waals surface area contributed by atoms with E-state index in [1.165, 1.54) is 56.9 Å². The molecule has 84 heavy (non-hydrogen) atoms. The first-order valence-electron chi connectivity index (χ1n) is 23.6. The third-order valence-electron chi connectivity index (χ3n) is 10.5. The maximum atomic E-state index is 11.0. The molecule has 0 aromatic carbocycles. The molecule has 0 saturated heterocycles. The molecule has 41 heteroatoms. The number of imidazole rings is 8. The molecule has 0 spiro atoms. The van der Waals surface area contributed by atoms with Crippen molar-refractivity contribution >= 4 is 137 Å². The van der Waals surface area contributed by atoms with Gasteiger partial charge in [-0.05, 0) is 0 Å². The average Bonchev–Trinajstić information content (AvgIpc) is 4.39. The summed E-state index contributed by atoms with van der Waals surface area (Å²) in [5.41, 5.74) is 31.3. The van der Waals surface area contributed by atoms with Crippen molar-refractivity contribution in [3.05, 3.63) is 120 Å². The lowest BCUT2D eigenvalue weighted by atomic mass is 10.5. The number of rotatable bonds is 2. The molecule has 0 aliphatic rings. The third-order valence-corrected chi connectivity index (χ3v) is 10.8. The molecule has 0 bridgehead atoms. The lowest BCUT2D eigenvalue weighted by molar-refractivity contribution is 1.06. The van der Waals surface area contributed by atoms with Crippen molar-refractivity contribution in [2.24, 2.45) is 0 Å². The first kappa shape index (κ1) is 55.8. The van der Waals surface area contributed by atoms with Gasteiger partial charge in [-0.15, -0.1) is 0 Å². The predicted molar refractivity (Wildman–Crippen MR) is 308 cm³/mol. The molecule has 0 amide bonds. The molecule has 0 unspecified atom stereocenters. The van der Waals surface area contributed by atoms with Crippen molar-refractivity contribution in [2.75, 3.05) is 54.3 Å². The molecule has 20 N–H and O–H groups in total. The van der Waals surface area contributed by atoms with Crippen LogP contribution in [0.2, 0.25) is 0 Å². The predicted octanol–water partition coefficient (Wildman–Crippen LogP) is 0.509. The Morgan fingerprint density at radius 2 is 0.929 bits per heavy atom. The van der Waals surface area contributed by atoms with Crippen molar-refractivity contribution in [2.45, 2.75) is 0 Å². The highest BCUT2D eigenvalue weighted by molar-refractivity contribution is 7.71. The largest absolute Gasteiger partial charge is 0.382 e. The van der Waals surface area contributed by atoms with Crippen LogP contribution >= 0.6 is 12.2 Å².